The first-order valence-electron chi connectivity index (χ1n) is 11.2. The third-order valence-electron chi connectivity index (χ3n) is 6.28. The Bertz CT molecular complexity index is 1160. The molecule has 170 valence electrons. The average Bonchev–Trinajstić information content (AvgIpc) is 2.83. The molecule has 33 heavy (non-hydrogen) atoms. The Hall–Kier alpha value is -3.31. The highest BCUT2D eigenvalue weighted by atomic mass is 35.5. The van der Waals surface area contributed by atoms with Gasteiger partial charge < -0.3 is 15.5 Å². The second kappa shape index (κ2) is 10.1. The number of halogens is 1. The molecule has 0 aromatic heterocycles. The lowest BCUT2D eigenvalue weighted by atomic mass is 9.89. The Morgan fingerprint density at radius 3 is 2.52 bits per heavy atom. The number of aryl methyl sites for hydroxylation is 1. The minimum atomic E-state index is -0.126. The number of rotatable bonds is 4. The van der Waals surface area contributed by atoms with Crippen molar-refractivity contribution in [1.29, 1.82) is 0 Å². The summed E-state index contributed by atoms with van der Waals surface area (Å²) >= 11 is 5.93. The molecule has 2 N–H and O–H groups in total. The van der Waals surface area contributed by atoms with Crippen molar-refractivity contribution in [3.63, 3.8) is 0 Å². The lowest BCUT2D eigenvalue weighted by Gasteiger charge is -2.33. The van der Waals surface area contributed by atoms with E-state index in [4.69, 9.17) is 11.6 Å². The molecule has 1 aliphatic heterocycles. The number of anilines is 2. The fourth-order valence-electron chi connectivity index (χ4n) is 4.18. The molecular formula is C27H28ClN3O2. The van der Waals surface area contributed by atoms with Gasteiger partial charge in [0.15, 0.2) is 0 Å². The second-order valence-corrected chi connectivity index (χ2v) is 8.99. The van der Waals surface area contributed by atoms with Crippen LogP contribution in [0.2, 0.25) is 5.02 Å². The molecule has 0 radical (unpaired) electrons. The summed E-state index contributed by atoms with van der Waals surface area (Å²) < 4.78 is 0. The summed E-state index contributed by atoms with van der Waals surface area (Å²) in [5.41, 5.74) is 5.45. The van der Waals surface area contributed by atoms with Crippen molar-refractivity contribution in [3.05, 3.63) is 94.0 Å². The predicted molar refractivity (Wildman–Crippen MR) is 134 cm³/mol. The molecule has 0 bridgehead atoms. The average molecular weight is 462 g/mol. The molecule has 1 aliphatic rings. The van der Waals surface area contributed by atoms with E-state index in [1.807, 2.05) is 61.2 Å². The van der Waals surface area contributed by atoms with Crippen LogP contribution in [0.15, 0.2) is 66.7 Å². The summed E-state index contributed by atoms with van der Waals surface area (Å²) in [5.74, 6) is 0.0573. The number of benzene rings is 3. The quantitative estimate of drug-likeness (QED) is 0.458. The summed E-state index contributed by atoms with van der Waals surface area (Å²) in [6.07, 6.45) is 1.89. The van der Waals surface area contributed by atoms with E-state index in [2.05, 4.69) is 10.6 Å². The van der Waals surface area contributed by atoms with Crippen LogP contribution in [0, 0.1) is 13.8 Å². The van der Waals surface area contributed by atoms with Gasteiger partial charge in [-0.2, -0.15) is 0 Å². The van der Waals surface area contributed by atoms with Crippen molar-refractivity contribution in [2.24, 2.45) is 0 Å². The van der Waals surface area contributed by atoms with Gasteiger partial charge in [0.1, 0.15) is 0 Å². The Balaban J connectivity index is 1.44. The lowest BCUT2D eigenvalue weighted by molar-refractivity contribution is 0.102. The van der Waals surface area contributed by atoms with E-state index in [-0.39, 0.29) is 17.9 Å². The van der Waals surface area contributed by atoms with E-state index in [1.165, 1.54) is 0 Å². The summed E-state index contributed by atoms with van der Waals surface area (Å²) in [6.45, 7) is 5.36. The van der Waals surface area contributed by atoms with Gasteiger partial charge in [-0.15, -0.1) is 0 Å². The highest BCUT2D eigenvalue weighted by Gasteiger charge is 2.25. The molecule has 0 unspecified atom stereocenters. The number of hydrogen-bond acceptors (Lipinski definition) is 2. The largest absolute Gasteiger partial charge is 0.324 e. The minimum Gasteiger partial charge on any atom is -0.324 e. The Morgan fingerprint density at radius 2 is 1.73 bits per heavy atom. The first-order chi connectivity index (χ1) is 15.9. The molecule has 5 nitrogen and oxygen atoms in total. The zero-order valence-corrected chi connectivity index (χ0v) is 19.7. The summed E-state index contributed by atoms with van der Waals surface area (Å²) in [6, 6.07) is 20.6. The van der Waals surface area contributed by atoms with Crippen LogP contribution >= 0.6 is 11.6 Å². The standard InChI is InChI=1S/C27H28ClN3O2/c1-18-6-3-10-25(19(18)2)30-26(32)21-8-4-7-20(16-21)22-9-5-15-31(17-22)27(33)29-24-13-11-23(28)12-14-24/h3-4,6-8,10-14,16,22H,5,9,15,17H2,1-2H3,(H,29,33)(H,30,32)/t22-/m1/s1. The zero-order valence-electron chi connectivity index (χ0n) is 18.9. The first kappa shape index (κ1) is 22.9. The van der Waals surface area contributed by atoms with Crippen molar-refractivity contribution < 1.29 is 9.59 Å². The summed E-state index contributed by atoms with van der Waals surface area (Å²) in [4.78, 5) is 27.5. The molecule has 4 rings (SSSR count). The van der Waals surface area contributed by atoms with Crippen LogP contribution in [-0.4, -0.2) is 29.9 Å². The van der Waals surface area contributed by atoms with E-state index < -0.39 is 0 Å². The van der Waals surface area contributed by atoms with Crippen LogP contribution in [0.3, 0.4) is 0 Å². The van der Waals surface area contributed by atoms with Crippen molar-refractivity contribution >= 4 is 34.9 Å². The lowest BCUT2D eigenvalue weighted by Crippen LogP contribution is -2.41. The number of likely N-dealkylation sites (tertiary alicyclic amines) is 1. The van der Waals surface area contributed by atoms with Gasteiger partial charge in [-0.25, -0.2) is 4.79 Å². The molecule has 1 atom stereocenters. The Morgan fingerprint density at radius 1 is 0.970 bits per heavy atom. The molecule has 0 saturated carbocycles. The van der Waals surface area contributed by atoms with Crippen molar-refractivity contribution in [2.45, 2.75) is 32.6 Å². The van der Waals surface area contributed by atoms with Gasteiger partial charge in [0.2, 0.25) is 0 Å². The third-order valence-corrected chi connectivity index (χ3v) is 6.53. The molecule has 6 heteroatoms. The highest BCUT2D eigenvalue weighted by molar-refractivity contribution is 6.30. The fourth-order valence-corrected chi connectivity index (χ4v) is 4.31. The number of piperidine rings is 1. The van der Waals surface area contributed by atoms with E-state index in [0.29, 0.717) is 23.7 Å². The van der Waals surface area contributed by atoms with E-state index in [9.17, 15) is 9.59 Å². The number of urea groups is 1. The molecule has 1 saturated heterocycles. The zero-order chi connectivity index (χ0) is 23.4. The van der Waals surface area contributed by atoms with Gasteiger partial charge in [0, 0.05) is 41.0 Å². The SMILES string of the molecule is Cc1cccc(NC(=O)c2cccc([C@@H]3CCCN(C(=O)Nc4ccc(Cl)cc4)C3)c2)c1C. The van der Waals surface area contributed by atoms with E-state index in [0.717, 1.165) is 40.9 Å². The van der Waals surface area contributed by atoms with Gasteiger partial charge in [-0.1, -0.05) is 35.9 Å². The minimum absolute atomic E-state index is 0.120. The summed E-state index contributed by atoms with van der Waals surface area (Å²) in [7, 11) is 0. The van der Waals surface area contributed by atoms with Crippen LogP contribution in [0.4, 0.5) is 16.2 Å². The predicted octanol–water partition coefficient (Wildman–Crippen LogP) is 6.62. The van der Waals surface area contributed by atoms with Crippen LogP contribution in [-0.2, 0) is 0 Å². The van der Waals surface area contributed by atoms with Gasteiger partial charge >= 0.3 is 6.03 Å². The maximum absolute atomic E-state index is 12.9. The molecule has 1 fully saturated rings. The van der Waals surface area contributed by atoms with E-state index >= 15 is 0 Å². The second-order valence-electron chi connectivity index (χ2n) is 8.55. The van der Waals surface area contributed by atoms with Gasteiger partial charge in [0.25, 0.3) is 5.91 Å². The molecular weight excluding hydrogens is 434 g/mol. The maximum Gasteiger partial charge on any atom is 0.321 e. The fraction of sp³-hybridized carbons (Fsp3) is 0.259. The molecule has 3 aromatic carbocycles. The summed E-state index contributed by atoms with van der Waals surface area (Å²) in [5, 5.41) is 6.61. The Kier molecular flexibility index (Phi) is 6.99. The number of amides is 3. The smallest absolute Gasteiger partial charge is 0.321 e. The first-order valence-corrected chi connectivity index (χ1v) is 11.6. The topological polar surface area (TPSA) is 61.4 Å². The maximum atomic E-state index is 12.9. The molecule has 3 aromatic rings. The van der Waals surface area contributed by atoms with Crippen molar-refractivity contribution in [1.82, 2.24) is 4.90 Å². The van der Waals surface area contributed by atoms with Crippen LogP contribution in [0.1, 0.15) is 45.8 Å². The number of nitrogens with one attached hydrogen (secondary N) is 2. The van der Waals surface area contributed by atoms with Gasteiger partial charge in [-0.3, -0.25) is 4.79 Å². The van der Waals surface area contributed by atoms with E-state index in [1.54, 1.807) is 24.3 Å². The normalized spacial score (nSPS) is 15.7. The van der Waals surface area contributed by atoms with Crippen LogP contribution in [0.5, 0.6) is 0 Å². The number of hydrogen-bond donors (Lipinski definition) is 2. The van der Waals surface area contributed by atoms with Crippen LogP contribution < -0.4 is 10.6 Å². The monoisotopic (exact) mass is 461 g/mol. The van der Waals surface area contributed by atoms with Crippen molar-refractivity contribution in [2.75, 3.05) is 23.7 Å². The Labute approximate surface area is 199 Å². The highest BCUT2D eigenvalue weighted by Crippen LogP contribution is 2.28. The third kappa shape index (κ3) is 5.55. The van der Waals surface area contributed by atoms with Gasteiger partial charge in [0.05, 0.1) is 0 Å². The molecule has 3 amide bonds. The molecule has 0 spiro atoms. The molecule has 1 heterocycles. The van der Waals surface area contributed by atoms with Crippen LogP contribution in [0.25, 0.3) is 0 Å². The van der Waals surface area contributed by atoms with Crippen molar-refractivity contribution in [3.8, 4) is 0 Å². The molecule has 0 aliphatic carbocycles. The number of nitrogens with zero attached hydrogens (tertiary/aromatic N) is 1. The number of carbonyl (C=O) groups is 2. The number of carbonyl (C=O) groups excluding carboxylic acids is 2. The van der Waals surface area contributed by atoms with Gasteiger partial charge in [-0.05, 0) is 85.8 Å².